The van der Waals surface area contributed by atoms with Crippen LogP contribution in [0.15, 0.2) is 29.2 Å². The highest BCUT2D eigenvalue weighted by Gasteiger charge is 2.19. The number of rotatable bonds is 8. The van der Waals surface area contributed by atoms with Crippen LogP contribution in [-0.4, -0.2) is 45.8 Å². The average Bonchev–Trinajstić information content (AvgIpc) is 3.37. The normalized spacial score (nSPS) is 13.7. The quantitative estimate of drug-likeness (QED) is 0.677. The van der Waals surface area contributed by atoms with Crippen LogP contribution in [0, 0.1) is 0 Å². The van der Waals surface area contributed by atoms with Gasteiger partial charge in [0.2, 0.25) is 11.0 Å². The van der Waals surface area contributed by atoms with E-state index in [1.54, 1.807) is 6.07 Å². The fraction of sp³-hybridized carbons (Fsp3) is 0.474. The fourth-order valence-corrected chi connectivity index (χ4v) is 4.60. The number of aryl methyl sites for hydroxylation is 1. The Kier molecular flexibility index (Phi) is 7.23. The van der Waals surface area contributed by atoms with E-state index in [-0.39, 0.29) is 11.8 Å². The molecule has 1 saturated heterocycles. The summed E-state index contributed by atoms with van der Waals surface area (Å²) in [6.07, 6.45) is 5.21. The van der Waals surface area contributed by atoms with Crippen molar-refractivity contribution < 1.29 is 9.59 Å². The third kappa shape index (κ3) is 5.52. The van der Waals surface area contributed by atoms with Crippen molar-refractivity contribution in [2.75, 3.05) is 24.2 Å². The topological polar surface area (TPSA) is 75.2 Å². The average molecular weight is 405 g/mol. The third-order valence-corrected chi connectivity index (χ3v) is 6.33. The number of likely N-dealkylation sites (tertiary alicyclic amines) is 1. The summed E-state index contributed by atoms with van der Waals surface area (Å²) >= 11 is 2.83. The predicted molar refractivity (Wildman–Crippen MR) is 109 cm³/mol. The van der Waals surface area contributed by atoms with Crippen LogP contribution in [0.5, 0.6) is 0 Å². The van der Waals surface area contributed by atoms with Crippen molar-refractivity contribution in [1.82, 2.24) is 15.1 Å². The van der Waals surface area contributed by atoms with Gasteiger partial charge >= 0.3 is 0 Å². The van der Waals surface area contributed by atoms with Crippen molar-refractivity contribution in [3.8, 4) is 0 Å². The molecule has 0 atom stereocenters. The van der Waals surface area contributed by atoms with Gasteiger partial charge in [-0.25, -0.2) is 0 Å². The molecule has 1 N–H and O–H groups in total. The van der Waals surface area contributed by atoms with Gasteiger partial charge in [0.05, 0.1) is 11.3 Å². The Balaban J connectivity index is 1.61. The van der Waals surface area contributed by atoms with E-state index in [1.807, 2.05) is 23.1 Å². The maximum atomic E-state index is 12.7. The SMILES string of the molecule is CCCCc1nnc(NC(=O)c2ccccc2SCC(=O)N2CCCC2)s1. The molecule has 6 nitrogen and oxygen atoms in total. The fourth-order valence-electron chi connectivity index (χ4n) is 2.88. The van der Waals surface area contributed by atoms with Crippen LogP contribution in [-0.2, 0) is 11.2 Å². The lowest BCUT2D eigenvalue weighted by molar-refractivity contribution is -0.127. The van der Waals surface area contributed by atoms with Gasteiger partial charge in [-0.2, -0.15) is 0 Å². The Morgan fingerprint density at radius 1 is 1.22 bits per heavy atom. The smallest absolute Gasteiger partial charge is 0.258 e. The van der Waals surface area contributed by atoms with Gasteiger partial charge in [0.1, 0.15) is 5.01 Å². The number of thioether (sulfide) groups is 1. The number of carbonyl (C=O) groups excluding carboxylic acids is 2. The lowest BCUT2D eigenvalue weighted by atomic mass is 10.2. The number of aromatic nitrogens is 2. The maximum absolute atomic E-state index is 12.7. The molecule has 1 fully saturated rings. The van der Waals surface area contributed by atoms with Crippen LogP contribution < -0.4 is 5.32 Å². The van der Waals surface area contributed by atoms with Gasteiger partial charge in [-0.1, -0.05) is 36.8 Å². The van der Waals surface area contributed by atoms with E-state index in [4.69, 9.17) is 0 Å². The zero-order valence-electron chi connectivity index (χ0n) is 15.4. The Hall–Kier alpha value is -1.93. The van der Waals surface area contributed by atoms with Gasteiger partial charge in [-0.3, -0.25) is 14.9 Å². The molecule has 0 saturated carbocycles. The van der Waals surface area contributed by atoms with Crippen LogP contribution in [0.25, 0.3) is 0 Å². The number of hydrogen-bond donors (Lipinski definition) is 1. The number of hydrogen-bond acceptors (Lipinski definition) is 6. The van der Waals surface area contributed by atoms with E-state index in [2.05, 4.69) is 22.4 Å². The molecule has 144 valence electrons. The van der Waals surface area contributed by atoms with E-state index in [1.165, 1.54) is 23.1 Å². The second kappa shape index (κ2) is 9.85. The van der Waals surface area contributed by atoms with Gasteiger partial charge in [-0.15, -0.1) is 22.0 Å². The minimum absolute atomic E-state index is 0.136. The molecule has 1 aliphatic rings. The van der Waals surface area contributed by atoms with Gasteiger partial charge in [0.25, 0.3) is 5.91 Å². The Labute approximate surface area is 167 Å². The molecule has 0 unspecified atom stereocenters. The second-order valence-electron chi connectivity index (χ2n) is 6.43. The number of nitrogens with zero attached hydrogens (tertiary/aromatic N) is 3. The number of amides is 2. The zero-order valence-corrected chi connectivity index (χ0v) is 17.1. The van der Waals surface area contributed by atoms with E-state index in [9.17, 15) is 9.59 Å². The molecule has 1 aliphatic heterocycles. The van der Waals surface area contributed by atoms with Crippen molar-refractivity contribution >= 4 is 40.0 Å². The highest BCUT2D eigenvalue weighted by atomic mass is 32.2. The molecule has 0 aliphatic carbocycles. The summed E-state index contributed by atoms with van der Waals surface area (Å²) < 4.78 is 0. The number of unbranched alkanes of at least 4 members (excludes halogenated alkanes) is 1. The molecule has 2 aromatic rings. The first kappa shape index (κ1) is 19.8. The van der Waals surface area contributed by atoms with Crippen molar-refractivity contribution in [1.29, 1.82) is 0 Å². The lowest BCUT2D eigenvalue weighted by Gasteiger charge is -2.15. The predicted octanol–water partition coefficient (Wildman–Crippen LogP) is 3.85. The number of anilines is 1. The van der Waals surface area contributed by atoms with E-state index in [0.717, 1.165) is 55.1 Å². The third-order valence-electron chi connectivity index (χ3n) is 4.37. The largest absolute Gasteiger partial charge is 0.342 e. The summed E-state index contributed by atoms with van der Waals surface area (Å²) in [6.45, 7) is 3.82. The zero-order chi connectivity index (χ0) is 19.1. The van der Waals surface area contributed by atoms with Crippen molar-refractivity contribution in [2.24, 2.45) is 0 Å². The summed E-state index contributed by atoms with van der Waals surface area (Å²) in [5.74, 6) is 0.270. The van der Waals surface area contributed by atoms with Crippen LogP contribution in [0.3, 0.4) is 0 Å². The molecule has 1 aromatic carbocycles. The highest BCUT2D eigenvalue weighted by molar-refractivity contribution is 8.00. The second-order valence-corrected chi connectivity index (χ2v) is 8.51. The summed E-state index contributed by atoms with van der Waals surface area (Å²) in [7, 11) is 0. The summed E-state index contributed by atoms with van der Waals surface area (Å²) in [6, 6.07) is 7.36. The molecule has 2 amide bonds. The van der Waals surface area contributed by atoms with Crippen molar-refractivity contribution in [3.05, 3.63) is 34.8 Å². The Morgan fingerprint density at radius 3 is 2.78 bits per heavy atom. The summed E-state index contributed by atoms with van der Waals surface area (Å²) in [4.78, 5) is 27.6. The van der Waals surface area contributed by atoms with Gasteiger partial charge in [0, 0.05) is 24.4 Å². The van der Waals surface area contributed by atoms with Crippen LogP contribution >= 0.6 is 23.1 Å². The monoisotopic (exact) mass is 404 g/mol. The number of carbonyl (C=O) groups is 2. The van der Waals surface area contributed by atoms with E-state index >= 15 is 0 Å². The Morgan fingerprint density at radius 2 is 2.00 bits per heavy atom. The first-order chi connectivity index (χ1) is 13.2. The highest BCUT2D eigenvalue weighted by Crippen LogP contribution is 2.25. The van der Waals surface area contributed by atoms with Crippen molar-refractivity contribution in [2.45, 2.75) is 43.9 Å². The first-order valence-electron chi connectivity index (χ1n) is 9.30. The number of benzene rings is 1. The minimum Gasteiger partial charge on any atom is -0.342 e. The van der Waals surface area contributed by atoms with Gasteiger partial charge < -0.3 is 4.90 Å². The van der Waals surface area contributed by atoms with Gasteiger partial charge in [0.15, 0.2) is 0 Å². The standard InChI is InChI=1S/C19H24N4O2S2/c1-2-3-10-16-21-22-19(27-16)20-18(25)14-8-4-5-9-15(14)26-13-17(24)23-11-6-7-12-23/h4-5,8-9H,2-3,6-7,10-13H2,1H3,(H,20,22,25). The lowest BCUT2D eigenvalue weighted by Crippen LogP contribution is -2.29. The summed E-state index contributed by atoms with van der Waals surface area (Å²) in [5.41, 5.74) is 0.557. The first-order valence-corrected chi connectivity index (χ1v) is 11.1. The molecule has 1 aromatic heterocycles. The van der Waals surface area contributed by atoms with Crippen LogP contribution in [0.4, 0.5) is 5.13 Å². The van der Waals surface area contributed by atoms with E-state index < -0.39 is 0 Å². The molecular weight excluding hydrogens is 380 g/mol. The number of nitrogens with one attached hydrogen (secondary N) is 1. The molecular formula is C19H24N4O2S2. The van der Waals surface area contributed by atoms with Crippen LogP contribution in [0.2, 0.25) is 0 Å². The van der Waals surface area contributed by atoms with Crippen LogP contribution in [0.1, 0.15) is 48.0 Å². The molecule has 2 heterocycles. The molecule has 3 rings (SSSR count). The minimum atomic E-state index is -0.218. The van der Waals surface area contributed by atoms with E-state index in [0.29, 0.717) is 16.4 Å². The Bertz CT molecular complexity index is 788. The maximum Gasteiger partial charge on any atom is 0.258 e. The van der Waals surface area contributed by atoms with Crippen molar-refractivity contribution in [3.63, 3.8) is 0 Å². The molecule has 0 radical (unpaired) electrons. The van der Waals surface area contributed by atoms with Gasteiger partial charge in [-0.05, 0) is 31.4 Å². The molecule has 8 heteroatoms. The molecule has 0 spiro atoms. The summed E-state index contributed by atoms with van der Waals surface area (Å²) in [5, 5.41) is 12.5. The molecule has 0 bridgehead atoms. The molecule has 27 heavy (non-hydrogen) atoms.